The molecule has 2 unspecified atom stereocenters. The lowest BCUT2D eigenvalue weighted by atomic mass is 10.1. The maximum atomic E-state index is 5.99. The molecule has 0 amide bonds. The van der Waals surface area contributed by atoms with Crippen LogP contribution in [0.3, 0.4) is 0 Å². The Kier molecular flexibility index (Phi) is 7.82. The average Bonchev–Trinajstić information content (AvgIpc) is 3.22. The van der Waals surface area contributed by atoms with E-state index in [1.807, 2.05) is 24.3 Å². The molecule has 2 N–H and O–H groups in total. The molecular formula is C24H34N4O2. The SMILES string of the molecule is CN=C(NCC1CCN(c2ccccc2OC)C1)NCC(C)Oc1cccc(C)c1. The van der Waals surface area contributed by atoms with Crippen molar-refractivity contribution in [1.29, 1.82) is 0 Å². The molecule has 0 saturated carbocycles. The van der Waals surface area contributed by atoms with Crippen molar-refractivity contribution in [3.63, 3.8) is 0 Å². The molecule has 1 aliphatic heterocycles. The minimum absolute atomic E-state index is 0.0397. The van der Waals surface area contributed by atoms with Gasteiger partial charge in [0.2, 0.25) is 0 Å². The van der Waals surface area contributed by atoms with Crippen molar-refractivity contribution in [2.24, 2.45) is 10.9 Å². The molecule has 0 radical (unpaired) electrons. The standard InChI is InChI=1S/C24H34N4O2/c1-18-8-7-9-21(14-18)30-19(2)15-26-24(25-3)27-16-20-12-13-28(17-20)22-10-5-6-11-23(22)29-4/h5-11,14,19-20H,12-13,15-17H2,1-4H3,(H2,25,26,27). The number of nitrogens with zero attached hydrogens (tertiary/aromatic N) is 2. The highest BCUT2D eigenvalue weighted by Crippen LogP contribution is 2.31. The van der Waals surface area contributed by atoms with Gasteiger partial charge in [-0.3, -0.25) is 4.99 Å². The summed E-state index contributed by atoms with van der Waals surface area (Å²) in [5.41, 5.74) is 2.37. The van der Waals surface area contributed by atoms with Gasteiger partial charge >= 0.3 is 0 Å². The number of para-hydroxylation sites is 2. The van der Waals surface area contributed by atoms with Crippen LogP contribution >= 0.6 is 0 Å². The first kappa shape index (κ1) is 21.8. The molecule has 0 aromatic heterocycles. The fourth-order valence-electron chi connectivity index (χ4n) is 3.77. The number of aliphatic imine (C=N–C) groups is 1. The minimum atomic E-state index is 0.0397. The zero-order chi connectivity index (χ0) is 21.3. The van der Waals surface area contributed by atoms with Gasteiger partial charge in [0.05, 0.1) is 19.3 Å². The van der Waals surface area contributed by atoms with E-state index >= 15 is 0 Å². The molecule has 1 fully saturated rings. The third-order valence-electron chi connectivity index (χ3n) is 5.38. The van der Waals surface area contributed by atoms with Crippen LogP contribution in [-0.4, -0.2) is 52.4 Å². The molecule has 1 saturated heterocycles. The highest BCUT2D eigenvalue weighted by atomic mass is 16.5. The van der Waals surface area contributed by atoms with Crippen LogP contribution in [0.15, 0.2) is 53.5 Å². The Morgan fingerprint density at radius 2 is 2.03 bits per heavy atom. The molecule has 1 aliphatic rings. The molecule has 30 heavy (non-hydrogen) atoms. The number of guanidine groups is 1. The summed E-state index contributed by atoms with van der Waals surface area (Å²) in [7, 11) is 3.53. The van der Waals surface area contributed by atoms with Crippen LogP contribution in [0.1, 0.15) is 18.9 Å². The van der Waals surface area contributed by atoms with Crippen LogP contribution in [0.4, 0.5) is 5.69 Å². The smallest absolute Gasteiger partial charge is 0.191 e. The number of hydrogen-bond donors (Lipinski definition) is 2. The van der Waals surface area contributed by atoms with E-state index in [1.165, 1.54) is 11.3 Å². The first-order valence-corrected chi connectivity index (χ1v) is 10.6. The summed E-state index contributed by atoms with van der Waals surface area (Å²) in [6, 6.07) is 16.4. The average molecular weight is 411 g/mol. The normalized spacial score (nSPS) is 17.5. The van der Waals surface area contributed by atoms with Crippen molar-refractivity contribution in [3.05, 3.63) is 54.1 Å². The van der Waals surface area contributed by atoms with E-state index in [9.17, 15) is 0 Å². The van der Waals surface area contributed by atoms with Crippen LogP contribution in [0.5, 0.6) is 11.5 Å². The van der Waals surface area contributed by atoms with E-state index in [4.69, 9.17) is 9.47 Å². The topological polar surface area (TPSA) is 58.1 Å². The predicted molar refractivity (Wildman–Crippen MR) is 124 cm³/mol. The fraction of sp³-hybridized carbons (Fsp3) is 0.458. The number of aryl methyl sites for hydroxylation is 1. The van der Waals surface area contributed by atoms with Crippen molar-refractivity contribution >= 4 is 11.6 Å². The van der Waals surface area contributed by atoms with E-state index in [-0.39, 0.29) is 6.10 Å². The Labute approximate surface area is 180 Å². The Morgan fingerprint density at radius 3 is 2.80 bits per heavy atom. The van der Waals surface area contributed by atoms with E-state index in [2.05, 4.69) is 58.6 Å². The number of rotatable bonds is 8. The third kappa shape index (κ3) is 6.05. The predicted octanol–water partition coefficient (Wildman–Crippen LogP) is 3.46. The van der Waals surface area contributed by atoms with Crippen LogP contribution in [0.25, 0.3) is 0 Å². The number of benzene rings is 2. The molecule has 6 nitrogen and oxygen atoms in total. The molecular weight excluding hydrogens is 376 g/mol. The molecule has 2 atom stereocenters. The Morgan fingerprint density at radius 1 is 1.20 bits per heavy atom. The quantitative estimate of drug-likeness (QED) is 0.516. The zero-order valence-corrected chi connectivity index (χ0v) is 18.5. The Hall–Kier alpha value is -2.89. The number of nitrogens with one attached hydrogen (secondary N) is 2. The fourth-order valence-corrected chi connectivity index (χ4v) is 3.77. The van der Waals surface area contributed by atoms with Crippen molar-refractivity contribution < 1.29 is 9.47 Å². The number of hydrogen-bond acceptors (Lipinski definition) is 4. The van der Waals surface area contributed by atoms with Gasteiger partial charge in [0.25, 0.3) is 0 Å². The van der Waals surface area contributed by atoms with Gasteiger partial charge in [-0.1, -0.05) is 24.3 Å². The van der Waals surface area contributed by atoms with Gasteiger partial charge in [-0.15, -0.1) is 0 Å². The molecule has 3 rings (SSSR count). The maximum absolute atomic E-state index is 5.99. The third-order valence-corrected chi connectivity index (χ3v) is 5.38. The summed E-state index contributed by atoms with van der Waals surface area (Å²) in [5, 5.41) is 6.84. The molecule has 2 aromatic rings. The van der Waals surface area contributed by atoms with Crippen LogP contribution in [0, 0.1) is 12.8 Å². The Balaban J connectivity index is 1.42. The zero-order valence-electron chi connectivity index (χ0n) is 18.5. The summed E-state index contributed by atoms with van der Waals surface area (Å²) >= 11 is 0. The number of methoxy groups -OCH3 is 1. The Bertz CT molecular complexity index is 839. The van der Waals surface area contributed by atoms with Crippen molar-refractivity contribution in [2.45, 2.75) is 26.4 Å². The molecule has 0 bridgehead atoms. The highest BCUT2D eigenvalue weighted by Gasteiger charge is 2.24. The molecule has 6 heteroatoms. The van der Waals surface area contributed by atoms with Gasteiger partial charge in [-0.05, 0) is 56.0 Å². The summed E-state index contributed by atoms with van der Waals surface area (Å²) < 4.78 is 11.5. The molecule has 0 spiro atoms. The second-order valence-corrected chi connectivity index (χ2v) is 7.85. The second kappa shape index (κ2) is 10.8. The molecule has 162 valence electrons. The van der Waals surface area contributed by atoms with E-state index in [0.29, 0.717) is 12.5 Å². The van der Waals surface area contributed by atoms with Crippen LogP contribution < -0.4 is 25.0 Å². The lowest BCUT2D eigenvalue weighted by Crippen LogP contribution is -2.43. The number of ether oxygens (including phenoxy) is 2. The first-order valence-electron chi connectivity index (χ1n) is 10.6. The van der Waals surface area contributed by atoms with Gasteiger partial charge in [0.15, 0.2) is 5.96 Å². The lowest BCUT2D eigenvalue weighted by Gasteiger charge is -2.22. The summed E-state index contributed by atoms with van der Waals surface area (Å²) in [4.78, 5) is 6.75. The molecule has 1 heterocycles. The largest absolute Gasteiger partial charge is 0.495 e. The first-order chi connectivity index (χ1) is 14.6. The maximum Gasteiger partial charge on any atom is 0.191 e. The summed E-state index contributed by atoms with van der Waals surface area (Å²) in [6.07, 6.45) is 1.19. The highest BCUT2D eigenvalue weighted by molar-refractivity contribution is 5.79. The van der Waals surface area contributed by atoms with E-state index in [1.54, 1.807) is 14.2 Å². The number of anilines is 1. The monoisotopic (exact) mass is 410 g/mol. The summed E-state index contributed by atoms with van der Waals surface area (Å²) in [5.74, 6) is 3.21. The van der Waals surface area contributed by atoms with Gasteiger partial charge < -0.3 is 25.0 Å². The van der Waals surface area contributed by atoms with E-state index in [0.717, 1.165) is 43.5 Å². The minimum Gasteiger partial charge on any atom is -0.495 e. The van der Waals surface area contributed by atoms with Crippen molar-refractivity contribution in [1.82, 2.24) is 10.6 Å². The lowest BCUT2D eigenvalue weighted by molar-refractivity contribution is 0.223. The second-order valence-electron chi connectivity index (χ2n) is 7.85. The van der Waals surface area contributed by atoms with Crippen LogP contribution in [0.2, 0.25) is 0 Å². The molecule has 0 aliphatic carbocycles. The van der Waals surface area contributed by atoms with Gasteiger partial charge in [0.1, 0.15) is 17.6 Å². The van der Waals surface area contributed by atoms with Crippen molar-refractivity contribution in [3.8, 4) is 11.5 Å². The van der Waals surface area contributed by atoms with Gasteiger partial charge in [-0.2, -0.15) is 0 Å². The van der Waals surface area contributed by atoms with Crippen molar-refractivity contribution in [2.75, 3.05) is 45.2 Å². The summed E-state index contributed by atoms with van der Waals surface area (Å²) in [6.45, 7) is 7.76. The van der Waals surface area contributed by atoms with Gasteiger partial charge in [0, 0.05) is 26.7 Å². The van der Waals surface area contributed by atoms with E-state index < -0.39 is 0 Å². The molecule has 2 aromatic carbocycles. The van der Waals surface area contributed by atoms with Gasteiger partial charge in [-0.25, -0.2) is 0 Å². The van der Waals surface area contributed by atoms with Crippen LogP contribution in [-0.2, 0) is 0 Å².